The third kappa shape index (κ3) is 5.38. The molecule has 0 aliphatic heterocycles. The van der Waals surface area contributed by atoms with Gasteiger partial charge in [-0.05, 0) is 36.8 Å². The zero-order valence-electron chi connectivity index (χ0n) is 15.4. The second-order valence-corrected chi connectivity index (χ2v) is 8.01. The molecule has 1 amide bonds. The number of hydrogen-bond donors (Lipinski definition) is 1. The van der Waals surface area contributed by atoms with Crippen LogP contribution in [0.25, 0.3) is 0 Å². The number of rotatable bonds is 8. The minimum atomic E-state index is -3.83. The van der Waals surface area contributed by atoms with Crippen LogP contribution < -0.4 is 10.1 Å². The van der Waals surface area contributed by atoms with Gasteiger partial charge in [-0.1, -0.05) is 24.3 Å². The van der Waals surface area contributed by atoms with Gasteiger partial charge in [0.2, 0.25) is 15.9 Å². The van der Waals surface area contributed by atoms with Gasteiger partial charge in [0.1, 0.15) is 5.75 Å². The molecule has 27 heavy (non-hydrogen) atoms. The molecule has 1 N–H and O–H groups in total. The Morgan fingerprint density at radius 3 is 2.37 bits per heavy atom. The van der Waals surface area contributed by atoms with E-state index in [1.807, 2.05) is 12.1 Å². The van der Waals surface area contributed by atoms with Gasteiger partial charge < -0.3 is 10.1 Å². The SMILES string of the molecule is COc1cccc(CNC(=O)CN(C)S(=O)(=O)c2ccc(C(C)=O)cc2)c1. The summed E-state index contributed by atoms with van der Waals surface area (Å²) >= 11 is 0. The van der Waals surface area contributed by atoms with Crippen LogP contribution in [0.15, 0.2) is 53.4 Å². The predicted octanol–water partition coefficient (Wildman–Crippen LogP) is 1.83. The van der Waals surface area contributed by atoms with Gasteiger partial charge in [-0.15, -0.1) is 0 Å². The van der Waals surface area contributed by atoms with Crippen molar-refractivity contribution in [3.05, 3.63) is 59.7 Å². The summed E-state index contributed by atoms with van der Waals surface area (Å²) in [5.74, 6) is 0.101. The van der Waals surface area contributed by atoms with Crippen LogP contribution in [0, 0.1) is 0 Å². The van der Waals surface area contributed by atoms with Gasteiger partial charge in [-0.3, -0.25) is 9.59 Å². The number of benzene rings is 2. The minimum absolute atomic E-state index is 0.0237. The summed E-state index contributed by atoms with van der Waals surface area (Å²) in [5.41, 5.74) is 1.26. The van der Waals surface area contributed by atoms with E-state index >= 15 is 0 Å². The highest BCUT2D eigenvalue weighted by molar-refractivity contribution is 7.89. The van der Waals surface area contributed by atoms with Crippen LogP contribution in [0.4, 0.5) is 0 Å². The highest BCUT2D eigenvalue weighted by atomic mass is 32.2. The highest BCUT2D eigenvalue weighted by Gasteiger charge is 2.23. The third-order valence-electron chi connectivity index (χ3n) is 3.96. The summed E-state index contributed by atoms with van der Waals surface area (Å²) in [5, 5.41) is 2.68. The van der Waals surface area contributed by atoms with E-state index in [2.05, 4.69) is 5.32 Å². The number of ketones is 1. The van der Waals surface area contributed by atoms with Crippen LogP contribution in [0.3, 0.4) is 0 Å². The van der Waals surface area contributed by atoms with E-state index in [1.54, 1.807) is 19.2 Å². The minimum Gasteiger partial charge on any atom is -0.497 e. The first-order chi connectivity index (χ1) is 12.7. The number of carbonyl (C=O) groups is 2. The average molecular weight is 390 g/mol. The zero-order chi connectivity index (χ0) is 20.0. The van der Waals surface area contributed by atoms with Crippen LogP contribution in [-0.2, 0) is 21.4 Å². The maximum Gasteiger partial charge on any atom is 0.243 e. The van der Waals surface area contributed by atoms with Gasteiger partial charge in [-0.25, -0.2) is 8.42 Å². The number of methoxy groups -OCH3 is 1. The maximum atomic E-state index is 12.6. The van der Waals surface area contributed by atoms with Gasteiger partial charge in [0, 0.05) is 19.2 Å². The number of carbonyl (C=O) groups excluding carboxylic acids is 2. The summed E-state index contributed by atoms with van der Waals surface area (Å²) in [6.45, 7) is 1.35. The number of hydrogen-bond acceptors (Lipinski definition) is 5. The lowest BCUT2D eigenvalue weighted by Crippen LogP contribution is -2.38. The smallest absolute Gasteiger partial charge is 0.243 e. The van der Waals surface area contributed by atoms with E-state index in [9.17, 15) is 18.0 Å². The van der Waals surface area contributed by atoms with Gasteiger partial charge in [0.25, 0.3) is 0 Å². The standard InChI is InChI=1S/C19H22N2O5S/c1-14(22)16-7-9-18(10-8-16)27(24,25)21(2)13-19(23)20-12-15-5-4-6-17(11-15)26-3/h4-11H,12-13H2,1-3H3,(H,20,23). The molecule has 0 unspecified atom stereocenters. The lowest BCUT2D eigenvalue weighted by Gasteiger charge is -2.17. The molecular formula is C19H22N2O5S. The molecule has 8 heteroatoms. The van der Waals surface area contributed by atoms with Gasteiger partial charge in [0.05, 0.1) is 18.6 Å². The molecule has 0 saturated carbocycles. The molecule has 144 valence electrons. The number of sulfonamides is 1. The maximum absolute atomic E-state index is 12.6. The van der Waals surface area contributed by atoms with Crippen LogP contribution in [0.2, 0.25) is 0 Å². The fourth-order valence-electron chi connectivity index (χ4n) is 2.37. The van der Waals surface area contributed by atoms with E-state index in [-0.39, 0.29) is 23.8 Å². The fourth-order valence-corrected chi connectivity index (χ4v) is 3.49. The van der Waals surface area contributed by atoms with Crippen molar-refractivity contribution in [3.63, 3.8) is 0 Å². The third-order valence-corrected chi connectivity index (χ3v) is 5.78. The molecule has 0 aliphatic rings. The molecule has 0 saturated heterocycles. The van der Waals surface area contributed by atoms with Crippen molar-refractivity contribution in [2.75, 3.05) is 20.7 Å². The first-order valence-electron chi connectivity index (χ1n) is 8.21. The van der Waals surface area contributed by atoms with Crippen LogP contribution in [0.5, 0.6) is 5.75 Å². The van der Waals surface area contributed by atoms with Crippen LogP contribution >= 0.6 is 0 Å². The molecule has 0 bridgehead atoms. The van der Waals surface area contributed by atoms with E-state index in [4.69, 9.17) is 4.74 Å². The van der Waals surface area contributed by atoms with Crippen molar-refractivity contribution in [3.8, 4) is 5.75 Å². The number of ether oxygens (including phenoxy) is 1. The first kappa shape index (κ1) is 20.6. The van der Waals surface area contributed by atoms with Crippen molar-refractivity contribution in [1.82, 2.24) is 9.62 Å². The van der Waals surface area contributed by atoms with Crippen LogP contribution in [-0.4, -0.2) is 45.1 Å². The Balaban J connectivity index is 1.98. The van der Waals surface area contributed by atoms with Gasteiger partial charge in [-0.2, -0.15) is 4.31 Å². The second-order valence-electron chi connectivity index (χ2n) is 5.97. The molecule has 0 heterocycles. The number of amides is 1. The molecule has 0 radical (unpaired) electrons. The second kappa shape index (κ2) is 8.79. The molecule has 7 nitrogen and oxygen atoms in total. The average Bonchev–Trinajstić information content (AvgIpc) is 2.66. The number of likely N-dealkylation sites (N-methyl/N-ethyl adjacent to an activating group) is 1. The van der Waals surface area contributed by atoms with Gasteiger partial charge >= 0.3 is 0 Å². The van der Waals surface area contributed by atoms with E-state index in [1.165, 1.54) is 38.2 Å². The van der Waals surface area contributed by atoms with Crippen molar-refractivity contribution in [2.24, 2.45) is 0 Å². The lowest BCUT2D eigenvalue weighted by atomic mass is 10.2. The molecule has 2 aromatic carbocycles. The monoisotopic (exact) mass is 390 g/mol. The van der Waals surface area contributed by atoms with Crippen LogP contribution in [0.1, 0.15) is 22.8 Å². The Morgan fingerprint density at radius 2 is 1.78 bits per heavy atom. The van der Waals surface area contributed by atoms with Gasteiger partial charge in [0.15, 0.2) is 5.78 Å². The fraction of sp³-hybridized carbons (Fsp3) is 0.263. The van der Waals surface area contributed by atoms with Crippen molar-refractivity contribution >= 4 is 21.7 Å². The van der Waals surface area contributed by atoms with Crippen molar-refractivity contribution < 1.29 is 22.7 Å². The first-order valence-corrected chi connectivity index (χ1v) is 9.65. The number of Topliss-reactive ketones (excluding diaryl/α,β-unsaturated/α-hetero) is 1. The Labute approximate surface area is 159 Å². The summed E-state index contributed by atoms with van der Waals surface area (Å²) in [4.78, 5) is 23.4. The molecule has 2 aromatic rings. The topological polar surface area (TPSA) is 92.8 Å². The molecular weight excluding hydrogens is 368 g/mol. The normalized spacial score (nSPS) is 11.3. The summed E-state index contributed by atoms with van der Waals surface area (Å²) in [6, 6.07) is 12.8. The Bertz CT molecular complexity index is 923. The molecule has 0 aromatic heterocycles. The lowest BCUT2D eigenvalue weighted by molar-refractivity contribution is -0.121. The van der Waals surface area contributed by atoms with Crippen molar-refractivity contribution in [2.45, 2.75) is 18.4 Å². The van der Waals surface area contributed by atoms with E-state index < -0.39 is 15.9 Å². The Kier molecular flexibility index (Phi) is 6.70. The Hall–Kier alpha value is -2.71. The quantitative estimate of drug-likeness (QED) is 0.694. The number of nitrogens with zero attached hydrogens (tertiary/aromatic N) is 1. The molecule has 0 aliphatic carbocycles. The molecule has 0 atom stereocenters. The summed E-state index contributed by atoms with van der Waals surface area (Å²) in [7, 11) is -0.940. The van der Waals surface area contributed by atoms with Crippen molar-refractivity contribution in [1.29, 1.82) is 0 Å². The highest BCUT2D eigenvalue weighted by Crippen LogP contribution is 2.16. The summed E-state index contributed by atoms with van der Waals surface area (Å²) < 4.78 is 31.2. The number of nitrogens with one attached hydrogen (secondary N) is 1. The molecule has 0 fully saturated rings. The largest absolute Gasteiger partial charge is 0.497 e. The predicted molar refractivity (Wildman–Crippen MR) is 101 cm³/mol. The zero-order valence-corrected chi connectivity index (χ0v) is 16.2. The van der Waals surface area contributed by atoms with E-state index in [0.717, 1.165) is 9.87 Å². The summed E-state index contributed by atoms with van der Waals surface area (Å²) in [6.07, 6.45) is 0. The Morgan fingerprint density at radius 1 is 1.11 bits per heavy atom. The molecule has 2 rings (SSSR count). The molecule has 0 spiro atoms. The van der Waals surface area contributed by atoms with E-state index in [0.29, 0.717) is 11.3 Å².